The molecule has 0 unspecified atom stereocenters. The van der Waals surface area contributed by atoms with Gasteiger partial charge in [0.2, 0.25) is 5.91 Å². The number of amides is 1. The molecule has 0 aromatic heterocycles. The van der Waals surface area contributed by atoms with Gasteiger partial charge in [0, 0.05) is 0 Å². The minimum atomic E-state index is -0.0816. The van der Waals surface area contributed by atoms with Crippen molar-refractivity contribution < 1.29 is 4.79 Å². The van der Waals surface area contributed by atoms with Crippen LogP contribution in [0.25, 0.3) is 0 Å². The van der Waals surface area contributed by atoms with E-state index in [2.05, 4.69) is 22.8 Å². The third-order valence-electron chi connectivity index (χ3n) is 3.41. The molecule has 116 valence electrons. The molecule has 22 heavy (non-hydrogen) atoms. The monoisotopic (exact) mass is 316 g/mol. The highest BCUT2D eigenvalue weighted by Crippen LogP contribution is 2.27. The summed E-state index contributed by atoms with van der Waals surface area (Å²) in [7, 11) is 0. The number of aryl methyl sites for hydroxylation is 2. The van der Waals surface area contributed by atoms with Gasteiger partial charge in [-0.25, -0.2) is 0 Å². The molecule has 0 fully saturated rings. The van der Waals surface area contributed by atoms with E-state index in [0.29, 0.717) is 10.7 Å². The van der Waals surface area contributed by atoms with Crippen molar-refractivity contribution in [1.29, 1.82) is 0 Å². The highest BCUT2D eigenvalue weighted by Gasteiger charge is 2.09. The molecule has 2 rings (SSSR count). The number of carbonyl (C=O) groups excluding carboxylic acids is 1. The van der Waals surface area contributed by atoms with Crippen molar-refractivity contribution >= 4 is 23.2 Å². The molecule has 1 amide bonds. The molecule has 2 N–H and O–H groups in total. The predicted molar refractivity (Wildman–Crippen MR) is 92.6 cm³/mol. The van der Waals surface area contributed by atoms with Crippen LogP contribution in [-0.2, 0) is 11.2 Å². The Balaban J connectivity index is 1.79. The van der Waals surface area contributed by atoms with Crippen LogP contribution in [0.3, 0.4) is 0 Å². The van der Waals surface area contributed by atoms with E-state index in [-0.39, 0.29) is 12.5 Å². The van der Waals surface area contributed by atoms with Crippen molar-refractivity contribution in [2.75, 3.05) is 18.4 Å². The first-order valence-corrected chi connectivity index (χ1v) is 7.75. The number of halogens is 1. The number of rotatable bonds is 6. The molecule has 0 radical (unpaired) electrons. The van der Waals surface area contributed by atoms with Gasteiger partial charge in [-0.1, -0.05) is 48.0 Å². The number of hydrogen-bond donors (Lipinski definition) is 2. The standard InChI is InChI=1S/C18H21ClN2O/c1-13-10-14(2)18(16(19)11-13)21-17(22)12-20-9-8-15-6-4-3-5-7-15/h3-7,10-11,20H,8-9,12H2,1-2H3,(H,21,22). The van der Waals surface area contributed by atoms with Crippen LogP contribution in [0.4, 0.5) is 5.69 Å². The third kappa shape index (κ3) is 4.86. The minimum absolute atomic E-state index is 0.0816. The zero-order valence-corrected chi connectivity index (χ0v) is 13.7. The topological polar surface area (TPSA) is 41.1 Å². The first-order valence-electron chi connectivity index (χ1n) is 7.37. The van der Waals surface area contributed by atoms with Gasteiger partial charge in [-0.15, -0.1) is 0 Å². The molecule has 0 saturated heterocycles. The number of nitrogens with one attached hydrogen (secondary N) is 2. The summed E-state index contributed by atoms with van der Waals surface area (Å²) in [6.07, 6.45) is 0.901. The fraction of sp³-hybridized carbons (Fsp3) is 0.278. The second-order valence-corrected chi connectivity index (χ2v) is 5.81. The molecule has 3 nitrogen and oxygen atoms in total. The van der Waals surface area contributed by atoms with Gasteiger partial charge in [0.1, 0.15) is 0 Å². The molecule has 0 aliphatic heterocycles. The number of anilines is 1. The van der Waals surface area contributed by atoms with Crippen molar-refractivity contribution in [2.24, 2.45) is 0 Å². The van der Waals surface area contributed by atoms with Gasteiger partial charge in [0.15, 0.2) is 0 Å². The minimum Gasteiger partial charge on any atom is -0.323 e. The second-order valence-electron chi connectivity index (χ2n) is 5.40. The fourth-order valence-electron chi connectivity index (χ4n) is 2.34. The lowest BCUT2D eigenvalue weighted by molar-refractivity contribution is -0.115. The molecule has 0 atom stereocenters. The van der Waals surface area contributed by atoms with Crippen molar-refractivity contribution in [3.05, 3.63) is 64.2 Å². The lowest BCUT2D eigenvalue weighted by atomic mass is 10.1. The van der Waals surface area contributed by atoms with Gasteiger partial charge in [-0.3, -0.25) is 4.79 Å². The van der Waals surface area contributed by atoms with Crippen LogP contribution in [-0.4, -0.2) is 19.0 Å². The summed E-state index contributed by atoms with van der Waals surface area (Å²) in [6, 6.07) is 14.1. The van der Waals surface area contributed by atoms with E-state index in [1.165, 1.54) is 5.56 Å². The highest BCUT2D eigenvalue weighted by molar-refractivity contribution is 6.34. The average Bonchev–Trinajstić information content (AvgIpc) is 2.48. The quantitative estimate of drug-likeness (QED) is 0.797. The smallest absolute Gasteiger partial charge is 0.238 e. The molecular weight excluding hydrogens is 296 g/mol. The first-order chi connectivity index (χ1) is 10.6. The Morgan fingerprint density at radius 2 is 1.86 bits per heavy atom. The van der Waals surface area contributed by atoms with E-state index in [0.717, 1.165) is 24.1 Å². The summed E-state index contributed by atoms with van der Waals surface area (Å²) in [5, 5.41) is 6.60. The fourth-order valence-corrected chi connectivity index (χ4v) is 2.71. The lowest BCUT2D eigenvalue weighted by Gasteiger charge is -2.12. The van der Waals surface area contributed by atoms with E-state index in [1.54, 1.807) is 0 Å². The number of hydrogen-bond acceptors (Lipinski definition) is 2. The predicted octanol–water partition coefficient (Wildman–Crippen LogP) is 3.73. The molecule has 0 aliphatic rings. The van der Waals surface area contributed by atoms with E-state index in [4.69, 9.17) is 11.6 Å². The Morgan fingerprint density at radius 1 is 1.14 bits per heavy atom. The van der Waals surface area contributed by atoms with Gasteiger partial charge in [-0.05, 0) is 49.6 Å². The molecule has 0 heterocycles. The molecule has 2 aromatic carbocycles. The molecule has 0 saturated carbocycles. The van der Waals surface area contributed by atoms with Gasteiger partial charge < -0.3 is 10.6 Å². The Labute approximate surface area is 136 Å². The van der Waals surface area contributed by atoms with Crippen molar-refractivity contribution in [3.63, 3.8) is 0 Å². The molecule has 2 aromatic rings. The van der Waals surface area contributed by atoms with E-state index >= 15 is 0 Å². The summed E-state index contributed by atoms with van der Waals surface area (Å²) < 4.78 is 0. The Bertz CT molecular complexity index is 618. The number of carbonyl (C=O) groups is 1. The summed E-state index contributed by atoms with van der Waals surface area (Å²) >= 11 is 6.19. The first kappa shape index (κ1) is 16.5. The van der Waals surface area contributed by atoms with Crippen LogP contribution in [0.1, 0.15) is 16.7 Å². The van der Waals surface area contributed by atoms with Crippen LogP contribution in [0.5, 0.6) is 0 Å². The highest BCUT2D eigenvalue weighted by atomic mass is 35.5. The zero-order valence-electron chi connectivity index (χ0n) is 12.9. The maximum Gasteiger partial charge on any atom is 0.238 e. The van der Waals surface area contributed by atoms with Crippen molar-refractivity contribution in [2.45, 2.75) is 20.3 Å². The normalized spacial score (nSPS) is 10.5. The molecular formula is C18H21ClN2O. The Hall–Kier alpha value is -1.84. The maximum atomic E-state index is 12.0. The van der Waals surface area contributed by atoms with Crippen molar-refractivity contribution in [1.82, 2.24) is 5.32 Å². The van der Waals surface area contributed by atoms with Crippen LogP contribution >= 0.6 is 11.6 Å². The SMILES string of the molecule is Cc1cc(C)c(NC(=O)CNCCc2ccccc2)c(Cl)c1. The summed E-state index contributed by atoms with van der Waals surface area (Å²) in [5.41, 5.74) is 4.01. The van der Waals surface area contributed by atoms with Gasteiger partial charge >= 0.3 is 0 Å². The second kappa shape index (κ2) is 7.97. The third-order valence-corrected chi connectivity index (χ3v) is 3.71. The Kier molecular flexibility index (Phi) is 5.99. The summed E-state index contributed by atoms with van der Waals surface area (Å²) in [5.74, 6) is -0.0816. The molecule has 4 heteroatoms. The number of benzene rings is 2. The Morgan fingerprint density at radius 3 is 2.55 bits per heavy atom. The van der Waals surface area contributed by atoms with E-state index in [1.807, 2.05) is 44.2 Å². The van der Waals surface area contributed by atoms with Crippen LogP contribution < -0.4 is 10.6 Å². The van der Waals surface area contributed by atoms with E-state index < -0.39 is 0 Å². The largest absolute Gasteiger partial charge is 0.323 e. The van der Waals surface area contributed by atoms with Gasteiger partial charge in [-0.2, -0.15) is 0 Å². The van der Waals surface area contributed by atoms with Crippen LogP contribution in [0.15, 0.2) is 42.5 Å². The summed E-state index contributed by atoms with van der Waals surface area (Å²) in [4.78, 5) is 12.0. The van der Waals surface area contributed by atoms with Crippen molar-refractivity contribution in [3.8, 4) is 0 Å². The van der Waals surface area contributed by atoms with Crippen LogP contribution in [0.2, 0.25) is 5.02 Å². The lowest BCUT2D eigenvalue weighted by Crippen LogP contribution is -2.29. The molecule has 0 spiro atoms. The molecule has 0 bridgehead atoms. The van der Waals surface area contributed by atoms with Crippen LogP contribution in [0, 0.1) is 13.8 Å². The van der Waals surface area contributed by atoms with Gasteiger partial charge in [0.05, 0.1) is 17.3 Å². The molecule has 0 aliphatic carbocycles. The summed E-state index contributed by atoms with van der Waals surface area (Å²) in [6.45, 7) is 4.96. The van der Waals surface area contributed by atoms with E-state index in [9.17, 15) is 4.79 Å². The average molecular weight is 317 g/mol. The maximum absolute atomic E-state index is 12.0. The zero-order chi connectivity index (χ0) is 15.9. The van der Waals surface area contributed by atoms with Gasteiger partial charge in [0.25, 0.3) is 0 Å².